The average molecular weight is 566 g/mol. The molecule has 3 rings (SSSR count). The van der Waals surface area contributed by atoms with Crippen LogP contribution in [0.3, 0.4) is 0 Å². The maximum absolute atomic E-state index is 8.93. The summed E-state index contributed by atoms with van der Waals surface area (Å²) >= 11 is 0. The Labute approximate surface area is 227 Å². The Morgan fingerprint density at radius 3 is 1.90 bits per heavy atom. The molecule has 0 bridgehead atoms. The van der Waals surface area contributed by atoms with Crippen molar-refractivity contribution in [3.8, 4) is 0 Å². The van der Waals surface area contributed by atoms with Gasteiger partial charge in [-0.05, 0) is 51.4 Å². The van der Waals surface area contributed by atoms with E-state index in [0.29, 0.717) is 6.04 Å². The zero-order valence-electron chi connectivity index (χ0n) is 21.2. The highest BCUT2D eigenvalue weighted by Gasteiger charge is 2.16. The molecule has 0 aliphatic carbocycles. The number of carboxylic acid groups (broad SMARTS) is 6. The molecule has 222 valence electrons. The van der Waals surface area contributed by atoms with Gasteiger partial charge in [0.1, 0.15) is 0 Å². The minimum atomic E-state index is -2.19. The number of para-hydroxylation sites is 2. The first-order chi connectivity index (χ1) is 18.8. The van der Waals surface area contributed by atoms with Crippen LogP contribution in [-0.2, 0) is 40.0 Å². The largest absolute Gasteiger partial charge is 0.543 e. The monoisotopic (exact) mass is 566 g/mol. The van der Waals surface area contributed by atoms with Crippen LogP contribution >= 0.6 is 0 Å². The second kappa shape index (κ2) is 19.3. The molecule has 0 saturated carbocycles. The normalized spacial score (nSPS) is 13.9. The van der Waals surface area contributed by atoms with E-state index in [1.165, 1.54) is 18.4 Å². The molecule has 1 unspecified atom stereocenters. The summed E-state index contributed by atoms with van der Waals surface area (Å²) in [4.78, 5) is 58.3. The fourth-order valence-corrected chi connectivity index (χ4v) is 3.06. The van der Waals surface area contributed by atoms with Crippen molar-refractivity contribution in [2.45, 2.75) is 38.8 Å². The van der Waals surface area contributed by atoms with E-state index in [1.807, 2.05) is 13.0 Å². The number of rotatable bonds is 6. The minimum absolute atomic E-state index is 0.498. The molecule has 1 aromatic heterocycles. The molecule has 1 fully saturated rings. The molecule has 1 aliphatic rings. The maximum atomic E-state index is 8.93. The number of anilines is 1. The highest BCUT2D eigenvalue weighted by atomic mass is 16.5. The third-order valence-corrected chi connectivity index (χ3v) is 4.73. The van der Waals surface area contributed by atoms with E-state index in [1.54, 1.807) is 0 Å². The Hall–Kier alpha value is -4.77. The van der Waals surface area contributed by atoms with Crippen molar-refractivity contribution >= 4 is 52.8 Å². The second-order valence-electron chi connectivity index (χ2n) is 7.52. The maximum Gasteiger partial charge on any atom is 0.204 e. The van der Waals surface area contributed by atoms with Crippen molar-refractivity contribution in [2.75, 3.05) is 31.6 Å². The Kier molecular flexibility index (Phi) is 17.0. The van der Waals surface area contributed by atoms with E-state index < -0.39 is 35.8 Å². The Morgan fingerprint density at radius 2 is 1.40 bits per heavy atom. The zero-order chi connectivity index (χ0) is 30.7. The molecular weight excluding hydrogens is 540 g/mol. The number of carbonyl (C=O) groups excluding carboxylic acids is 6. The third-order valence-electron chi connectivity index (χ3n) is 4.73. The molecule has 2 N–H and O–H groups in total. The molecule has 0 spiro atoms. The van der Waals surface area contributed by atoms with E-state index in [-0.39, 0.29) is 0 Å². The number of nitrogens with one attached hydrogen (secondary N) is 2. The van der Waals surface area contributed by atoms with Crippen molar-refractivity contribution in [1.82, 2.24) is 14.9 Å². The first-order valence-electron chi connectivity index (χ1n) is 11.6. The number of hydrogen-bond donors (Lipinski definition) is 2. The molecule has 2 heterocycles. The van der Waals surface area contributed by atoms with E-state index in [9.17, 15) is 0 Å². The van der Waals surface area contributed by atoms with E-state index in [4.69, 9.17) is 69.1 Å². The van der Waals surface area contributed by atoms with Crippen molar-refractivity contribution < 1.29 is 64.1 Å². The number of ether oxygens (including phenoxy) is 1. The summed E-state index contributed by atoms with van der Waals surface area (Å²) in [5, 5.41) is 60.7. The number of hydrogen-bond acceptors (Lipinski definition) is 16. The SMILES string of the molecule is CCOCCn1c(NC2CCCNCC2)nc2ccccc21.O=C([O-])C(=O)[O-].O=C([O-])C(=O)[O-].O=C([O-])C(=O)[O-]. The predicted octanol–water partition coefficient (Wildman–Crippen LogP) is -7.91. The summed E-state index contributed by atoms with van der Waals surface area (Å²) in [6, 6.07) is 8.82. The molecule has 1 aromatic carbocycles. The van der Waals surface area contributed by atoms with Gasteiger partial charge in [0.05, 0.1) is 53.5 Å². The Bertz CT molecular complexity index is 1050. The molecule has 40 heavy (non-hydrogen) atoms. The van der Waals surface area contributed by atoms with Crippen LogP contribution in [0.4, 0.5) is 5.95 Å². The summed E-state index contributed by atoms with van der Waals surface area (Å²) < 4.78 is 7.79. The van der Waals surface area contributed by atoms with Gasteiger partial charge in [-0.2, -0.15) is 0 Å². The number of imidazole rings is 1. The van der Waals surface area contributed by atoms with Crippen LogP contribution in [-0.4, -0.2) is 77.7 Å². The van der Waals surface area contributed by atoms with Gasteiger partial charge in [0.15, 0.2) is 0 Å². The van der Waals surface area contributed by atoms with Crippen LogP contribution in [0, 0.1) is 0 Å². The summed E-state index contributed by atoms with van der Waals surface area (Å²) in [6.45, 7) is 6.54. The first-order valence-corrected chi connectivity index (χ1v) is 11.6. The van der Waals surface area contributed by atoms with Crippen molar-refractivity contribution in [2.24, 2.45) is 0 Å². The lowest BCUT2D eigenvalue weighted by Gasteiger charge is -2.18. The lowest BCUT2D eigenvalue weighted by molar-refractivity contribution is -0.345. The van der Waals surface area contributed by atoms with Gasteiger partial charge in [-0.3, -0.25) is 0 Å². The fourth-order valence-electron chi connectivity index (χ4n) is 3.06. The quantitative estimate of drug-likeness (QED) is 0.242. The van der Waals surface area contributed by atoms with Gasteiger partial charge in [0.2, 0.25) is 5.95 Å². The van der Waals surface area contributed by atoms with Gasteiger partial charge in [0, 0.05) is 19.2 Å². The predicted molar refractivity (Wildman–Crippen MR) is 120 cm³/mol. The third kappa shape index (κ3) is 14.8. The van der Waals surface area contributed by atoms with Crippen LogP contribution in [0.25, 0.3) is 11.0 Å². The molecule has 2 aromatic rings. The van der Waals surface area contributed by atoms with Gasteiger partial charge in [-0.25, -0.2) is 4.98 Å². The number of carboxylic acids is 6. The highest BCUT2D eigenvalue weighted by Crippen LogP contribution is 2.21. The van der Waals surface area contributed by atoms with Crippen molar-refractivity contribution in [3.63, 3.8) is 0 Å². The number of aromatic nitrogens is 2. The smallest absolute Gasteiger partial charge is 0.204 e. The lowest BCUT2D eigenvalue weighted by atomic mass is 10.1. The van der Waals surface area contributed by atoms with Crippen LogP contribution in [0.1, 0.15) is 26.2 Å². The summed E-state index contributed by atoms with van der Waals surface area (Å²) in [7, 11) is 0. The Morgan fingerprint density at radius 1 is 0.875 bits per heavy atom. The first kappa shape index (κ1) is 35.2. The fraction of sp³-hybridized carbons (Fsp3) is 0.435. The molecule has 17 nitrogen and oxygen atoms in total. The topological polar surface area (TPSA) is 292 Å². The minimum Gasteiger partial charge on any atom is -0.543 e. The molecule has 1 aliphatic heterocycles. The molecule has 1 saturated heterocycles. The van der Waals surface area contributed by atoms with Crippen LogP contribution in [0.15, 0.2) is 24.3 Å². The molecular formula is C23H26N4O13-6. The molecule has 17 heteroatoms. The van der Waals surface area contributed by atoms with Gasteiger partial charge < -0.3 is 79.3 Å². The van der Waals surface area contributed by atoms with E-state index >= 15 is 0 Å². The van der Waals surface area contributed by atoms with Crippen molar-refractivity contribution in [1.29, 1.82) is 0 Å². The van der Waals surface area contributed by atoms with Gasteiger partial charge >= 0.3 is 0 Å². The van der Waals surface area contributed by atoms with Gasteiger partial charge in [-0.1, -0.05) is 12.1 Å². The molecule has 1 atom stereocenters. The number of aliphatic carboxylic acids is 6. The standard InChI is InChI=1S/C17H26N4O.3C2H2O4/c1-2-22-13-12-21-16-8-4-3-7-15(16)20-17(21)19-14-6-5-10-18-11-9-14;3*3-1(4)2(5)6/h3-4,7-8,14,18H,2,5-6,9-13H2,1H3,(H,19,20);3*(H,3,4)(H,5,6)/p-6. The number of benzene rings is 1. The second-order valence-corrected chi connectivity index (χ2v) is 7.52. The van der Waals surface area contributed by atoms with Gasteiger partial charge in [-0.15, -0.1) is 0 Å². The average Bonchev–Trinajstić information content (AvgIpc) is 3.03. The van der Waals surface area contributed by atoms with E-state index in [2.05, 4.69) is 33.4 Å². The number of fused-ring (bicyclic) bond motifs is 1. The van der Waals surface area contributed by atoms with Crippen LogP contribution in [0.2, 0.25) is 0 Å². The van der Waals surface area contributed by atoms with E-state index in [0.717, 1.165) is 50.7 Å². The summed E-state index contributed by atoms with van der Waals surface area (Å²) in [5.41, 5.74) is 2.23. The lowest BCUT2D eigenvalue weighted by Crippen LogP contribution is -2.42. The van der Waals surface area contributed by atoms with Crippen molar-refractivity contribution in [3.05, 3.63) is 24.3 Å². The van der Waals surface area contributed by atoms with Crippen LogP contribution in [0.5, 0.6) is 0 Å². The molecule has 0 amide bonds. The highest BCUT2D eigenvalue weighted by molar-refractivity contribution is 6.25. The summed E-state index contributed by atoms with van der Waals surface area (Å²) in [5.74, 6) is -12.1. The van der Waals surface area contributed by atoms with Gasteiger partial charge in [0.25, 0.3) is 0 Å². The Balaban J connectivity index is 0.000000692. The van der Waals surface area contributed by atoms with Crippen LogP contribution < -0.4 is 41.3 Å². The number of carbonyl (C=O) groups is 6. The zero-order valence-corrected chi connectivity index (χ0v) is 21.2. The molecule has 0 radical (unpaired) electrons. The summed E-state index contributed by atoms with van der Waals surface area (Å²) in [6.07, 6.45) is 3.56. The number of nitrogens with zero attached hydrogens (tertiary/aromatic N) is 2.